The lowest BCUT2D eigenvalue weighted by molar-refractivity contribution is -0.151. The van der Waals surface area contributed by atoms with Gasteiger partial charge in [-0.3, -0.25) is 9.59 Å². The normalized spacial score (nSPS) is 14.8. The van der Waals surface area contributed by atoms with Crippen molar-refractivity contribution in [3.05, 3.63) is 36.4 Å². The molecule has 3 rings (SSSR count). The Morgan fingerprint density at radius 1 is 1.04 bits per heavy atom. The number of fused-ring (bicyclic) bond motifs is 1. The molecular formula is C21H25NO5. The predicted octanol–water partition coefficient (Wildman–Crippen LogP) is 3.03. The van der Waals surface area contributed by atoms with Crippen LogP contribution in [0.25, 0.3) is 10.8 Å². The van der Waals surface area contributed by atoms with Gasteiger partial charge in [0.15, 0.2) is 6.61 Å². The van der Waals surface area contributed by atoms with Crippen molar-refractivity contribution in [2.45, 2.75) is 19.8 Å². The maximum Gasteiger partial charge on any atom is 0.309 e. The molecule has 6 nitrogen and oxygen atoms in total. The zero-order chi connectivity index (χ0) is 19.2. The van der Waals surface area contributed by atoms with Crippen LogP contribution in [-0.2, 0) is 14.3 Å². The van der Waals surface area contributed by atoms with Crippen molar-refractivity contribution < 1.29 is 23.8 Å². The Morgan fingerprint density at radius 2 is 1.70 bits per heavy atom. The molecule has 6 heteroatoms. The van der Waals surface area contributed by atoms with Crippen molar-refractivity contribution in [3.63, 3.8) is 0 Å². The summed E-state index contributed by atoms with van der Waals surface area (Å²) in [6, 6.07) is 11.5. The van der Waals surface area contributed by atoms with Crippen LogP contribution in [-0.4, -0.2) is 50.2 Å². The molecule has 1 saturated heterocycles. The molecule has 2 aromatic rings. The van der Waals surface area contributed by atoms with Gasteiger partial charge in [-0.1, -0.05) is 12.1 Å². The molecule has 0 atom stereocenters. The molecule has 0 radical (unpaired) electrons. The lowest BCUT2D eigenvalue weighted by Gasteiger charge is -2.30. The van der Waals surface area contributed by atoms with E-state index in [0.29, 0.717) is 38.3 Å². The van der Waals surface area contributed by atoms with E-state index in [1.165, 1.54) is 0 Å². The minimum absolute atomic E-state index is 0.0143. The van der Waals surface area contributed by atoms with Gasteiger partial charge in [0.05, 0.1) is 19.6 Å². The van der Waals surface area contributed by atoms with Gasteiger partial charge in [-0.05, 0) is 54.8 Å². The first-order chi connectivity index (χ1) is 13.1. The van der Waals surface area contributed by atoms with E-state index in [-0.39, 0.29) is 24.4 Å². The standard InChI is InChI=1S/C21H25NO5/c1-3-26-21(24)16-8-10-22(11-9-16)20(23)14-27-19-7-5-15-4-6-18(25-2)12-17(15)13-19/h4-7,12-13,16H,3,8-11,14H2,1-2H3. The predicted molar refractivity (Wildman–Crippen MR) is 102 cm³/mol. The van der Waals surface area contributed by atoms with Gasteiger partial charge >= 0.3 is 5.97 Å². The van der Waals surface area contributed by atoms with Gasteiger partial charge < -0.3 is 19.1 Å². The van der Waals surface area contributed by atoms with E-state index >= 15 is 0 Å². The lowest BCUT2D eigenvalue weighted by Crippen LogP contribution is -2.42. The quantitative estimate of drug-likeness (QED) is 0.731. The van der Waals surface area contributed by atoms with Crippen molar-refractivity contribution in [3.8, 4) is 11.5 Å². The van der Waals surface area contributed by atoms with Gasteiger partial charge in [0.1, 0.15) is 11.5 Å². The Morgan fingerprint density at radius 3 is 2.37 bits per heavy atom. The molecule has 1 aliphatic heterocycles. The smallest absolute Gasteiger partial charge is 0.309 e. The maximum atomic E-state index is 12.4. The van der Waals surface area contributed by atoms with Crippen LogP contribution in [0.2, 0.25) is 0 Å². The summed E-state index contributed by atoms with van der Waals surface area (Å²) in [5.74, 6) is 1.09. The van der Waals surface area contributed by atoms with E-state index in [4.69, 9.17) is 14.2 Å². The largest absolute Gasteiger partial charge is 0.497 e. The van der Waals surface area contributed by atoms with Gasteiger partial charge in [-0.15, -0.1) is 0 Å². The SMILES string of the molecule is CCOC(=O)C1CCN(C(=O)COc2ccc3ccc(OC)cc3c2)CC1. The first-order valence-corrected chi connectivity index (χ1v) is 9.25. The molecular weight excluding hydrogens is 346 g/mol. The number of amides is 1. The van der Waals surface area contributed by atoms with Gasteiger partial charge in [0, 0.05) is 13.1 Å². The highest BCUT2D eigenvalue weighted by atomic mass is 16.5. The topological polar surface area (TPSA) is 65.1 Å². The summed E-state index contributed by atoms with van der Waals surface area (Å²) in [6.07, 6.45) is 1.28. The van der Waals surface area contributed by atoms with Crippen LogP contribution < -0.4 is 9.47 Å². The van der Waals surface area contributed by atoms with E-state index < -0.39 is 0 Å². The second-order valence-corrected chi connectivity index (χ2v) is 6.57. The number of ether oxygens (including phenoxy) is 3. The van der Waals surface area contributed by atoms with Gasteiger partial charge in [-0.25, -0.2) is 0 Å². The van der Waals surface area contributed by atoms with Crippen LogP contribution in [0, 0.1) is 5.92 Å². The first kappa shape index (κ1) is 19.0. The minimum Gasteiger partial charge on any atom is -0.497 e. The zero-order valence-electron chi connectivity index (χ0n) is 15.8. The number of carbonyl (C=O) groups is 2. The monoisotopic (exact) mass is 371 g/mol. The molecule has 0 aliphatic carbocycles. The summed E-state index contributed by atoms with van der Waals surface area (Å²) in [6.45, 7) is 3.29. The highest BCUT2D eigenvalue weighted by Crippen LogP contribution is 2.25. The number of hydrogen-bond donors (Lipinski definition) is 0. The number of nitrogens with zero attached hydrogens (tertiary/aromatic N) is 1. The van der Waals surface area contributed by atoms with E-state index in [1.54, 1.807) is 18.9 Å². The van der Waals surface area contributed by atoms with Crippen LogP contribution in [0.1, 0.15) is 19.8 Å². The third-order valence-corrected chi connectivity index (χ3v) is 4.85. The van der Waals surface area contributed by atoms with Crippen molar-refractivity contribution in [2.75, 3.05) is 33.4 Å². The molecule has 27 heavy (non-hydrogen) atoms. The van der Waals surface area contributed by atoms with Crippen LogP contribution in [0.5, 0.6) is 11.5 Å². The van der Waals surface area contributed by atoms with Crippen molar-refractivity contribution in [1.82, 2.24) is 4.90 Å². The minimum atomic E-state index is -0.160. The molecule has 0 aromatic heterocycles. The average molecular weight is 371 g/mol. The molecule has 1 heterocycles. The molecule has 1 amide bonds. The summed E-state index contributed by atoms with van der Waals surface area (Å²) in [5.41, 5.74) is 0. The molecule has 1 aliphatic rings. The summed E-state index contributed by atoms with van der Waals surface area (Å²) < 4.78 is 16.0. The van der Waals surface area contributed by atoms with E-state index in [0.717, 1.165) is 16.5 Å². The molecule has 0 unspecified atom stereocenters. The van der Waals surface area contributed by atoms with Crippen LogP contribution in [0.3, 0.4) is 0 Å². The second kappa shape index (κ2) is 8.75. The van der Waals surface area contributed by atoms with Crippen molar-refractivity contribution in [2.24, 2.45) is 5.92 Å². The van der Waals surface area contributed by atoms with Crippen LogP contribution >= 0.6 is 0 Å². The number of likely N-dealkylation sites (tertiary alicyclic amines) is 1. The fraction of sp³-hybridized carbons (Fsp3) is 0.429. The molecule has 144 valence electrons. The molecule has 0 spiro atoms. The third-order valence-electron chi connectivity index (χ3n) is 4.85. The molecule has 0 saturated carbocycles. The number of rotatable bonds is 6. The number of piperidine rings is 1. The van der Waals surface area contributed by atoms with Gasteiger partial charge in [-0.2, -0.15) is 0 Å². The van der Waals surface area contributed by atoms with Crippen molar-refractivity contribution >= 4 is 22.6 Å². The Labute approximate surface area is 159 Å². The van der Waals surface area contributed by atoms with Crippen LogP contribution in [0.15, 0.2) is 36.4 Å². The number of methoxy groups -OCH3 is 1. The molecule has 2 aromatic carbocycles. The number of carbonyl (C=O) groups excluding carboxylic acids is 2. The Balaban J connectivity index is 1.53. The average Bonchev–Trinajstić information content (AvgIpc) is 2.71. The summed E-state index contributed by atoms with van der Waals surface area (Å²) >= 11 is 0. The molecule has 0 bridgehead atoms. The van der Waals surface area contributed by atoms with E-state index in [9.17, 15) is 9.59 Å². The van der Waals surface area contributed by atoms with E-state index in [2.05, 4.69) is 0 Å². The fourth-order valence-electron chi connectivity index (χ4n) is 3.28. The summed E-state index contributed by atoms with van der Waals surface area (Å²) in [4.78, 5) is 25.9. The summed E-state index contributed by atoms with van der Waals surface area (Å²) in [5, 5.41) is 2.07. The van der Waals surface area contributed by atoms with Gasteiger partial charge in [0.25, 0.3) is 5.91 Å². The summed E-state index contributed by atoms with van der Waals surface area (Å²) in [7, 11) is 1.63. The lowest BCUT2D eigenvalue weighted by atomic mass is 9.97. The van der Waals surface area contributed by atoms with E-state index in [1.807, 2.05) is 36.4 Å². The Hall–Kier alpha value is -2.76. The maximum absolute atomic E-state index is 12.4. The van der Waals surface area contributed by atoms with Gasteiger partial charge in [0.2, 0.25) is 0 Å². The Kier molecular flexibility index (Phi) is 6.16. The number of benzene rings is 2. The first-order valence-electron chi connectivity index (χ1n) is 9.25. The third kappa shape index (κ3) is 4.70. The Bertz CT molecular complexity index is 811. The fourth-order valence-corrected chi connectivity index (χ4v) is 3.28. The number of esters is 1. The highest BCUT2D eigenvalue weighted by Gasteiger charge is 2.28. The zero-order valence-corrected chi connectivity index (χ0v) is 15.8. The van der Waals surface area contributed by atoms with Crippen molar-refractivity contribution in [1.29, 1.82) is 0 Å². The van der Waals surface area contributed by atoms with Crippen LogP contribution in [0.4, 0.5) is 0 Å². The highest BCUT2D eigenvalue weighted by molar-refractivity contribution is 5.85. The second-order valence-electron chi connectivity index (χ2n) is 6.57. The molecule has 0 N–H and O–H groups in total. The number of hydrogen-bond acceptors (Lipinski definition) is 5. The molecule has 1 fully saturated rings.